The molecule has 0 radical (unpaired) electrons. The first-order valence-corrected chi connectivity index (χ1v) is 10.3. The van der Waals surface area contributed by atoms with Crippen LogP contribution in [0.25, 0.3) is 0 Å². The molecule has 2 aromatic rings. The molecule has 0 spiro atoms. The van der Waals surface area contributed by atoms with Gasteiger partial charge in [-0.05, 0) is 37.5 Å². The Morgan fingerprint density at radius 1 is 1.10 bits per heavy atom. The van der Waals surface area contributed by atoms with Gasteiger partial charge in [-0.3, -0.25) is 14.5 Å². The SMILES string of the molecule is CCOC(=O)C1CCN([C@H](C(=O)Nc2ccc3c(c2)OCO3)c2ccccc2)CC1. The number of esters is 1. The smallest absolute Gasteiger partial charge is 0.309 e. The van der Waals surface area contributed by atoms with Crippen LogP contribution in [0.1, 0.15) is 31.4 Å². The second-order valence-corrected chi connectivity index (χ2v) is 7.43. The van der Waals surface area contributed by atoms with Gasteiger partial charge in [0.2, 0.25) is 12.7 Å². The summed E-state index contributed by atoms with van der Waals surface area (Å²) < 4.78 is 15.9. The number of benzene rings is 2. The molecule has 1 saturated heterocycles. The van der Waals surface area contributed by atoms with Crippen molar-refractivity contribution in [3.05, 3.63) is 54.1 Å². The van der Waals surface area contributed by atoms with E-state index in [0.29, 0.717) is 49.7 Å². The average molecular weight is 410 g/mol. The number of nitrogens with one attached hydrogen (secondary N) is 1. The number of anilines is 1. The monoisotopic (exact) mass is 410 g/mol. The third-order valence-electron chi connectivity index (χ3n) is 5.52. The van der Waals surface area contributed by atoms with Gasteiger partial charge in [0.1, 0.15) is 6.04 Å². The number of rotatable bonds is 6. The molecule has 0 unspecified atom stereocenters. The van der Waals surface area contributed by atoms with E-state index in [4.69, 9.17) is 14.2 Å². The molecule has 2 aromatic carbocycles. The standard InChI is InChI=1S/C23H26N2O5/c1-2-28-23(27)17-10-12-25(13-11-17)21(16-6-4-3-5-7-16)22(26)24-18-8-9-19-20(14-18)30-15-29-19/h3-9,14,17,21H,2,10-13,15H2,1H3,(H,24,26)/t21-/m0/s1. The number of fused-ring (bicyclic) bond motifs is 1. The molecule has 0 bridgehead atoms. The molecular weight excluding hydrogens is 384 g/mol. The summed E-state index contributed by atoms with van der Waals surface area (Å²) in [6, 6.07) is 14.6. The molecule has 1 N–H and O–H groups in total. The van der Waals surface area contributed by atoms with E-state index in [1.165, 1.54) is 0 Å². The van der Waals surface area contributed by atoms with Gasteiger partial charge in [0, 0.05) is 24.8 Å². The normalized spacial score (nSPS) is 17.4. The number of nitrogens with zero attached hydrogens (tertiary/aromatic N) is 1. The fourth-order valence-electron chi connectivity index (χ4n) is 4.00. The van der Waals surface area contributed by atoms with Crippen molar-refractivity contribution in [1.82, 2.24) is 4.90 Å². The van der Waals surface area contributed by atoms with Crippen LogP contribution in [0.15, 0.2) is 48.5 Å². The molecule has 2 heterocycles. The molecule has 1 amide bonds. The van der Waals surface area contributed by atoms with Gasteiger partial charge in [0.25, 0.3) is 0 Å². The second kappa shape index (κ2) is 9.17. The van der Waals surface area contributed by atoms with Crippen molar-refractivity contribution in [1.29, 1.82) is 0 Å². The van der Waals surface area contributed by atoms with Crippen LogP contribution >= 0.6 is 0 Å². The highest BCUT2D eigenvalue weighted by Crippen LogP contribution is 2.35. The van der Waals surface area contributed by atoms with Crippen LogP contribution in [0.4, 0.5) is 5.69 Å². The van der Waals surface area contributed by atoms with Crippen LogP contribution in [0.5, 0.6) is 11.5 Å². The Hall–Kier alpha value is -3.06. The molecule has 158 valence electrons. The number of carbonyl (C=O) groups excluding carboxylic acids is 2. The summed E-state index contributed by atoms with van der Waals surface area (Å²) >= 11 is 0. The number of carbonyl (C=O) groups is 2. The lowest BCUT2D eigenvalue weighted by atomic mass is 9.94. The summed E-state index contributed by atoms with van der Waals surface area (Å²) in [5, 5.41) is 3.01. The molecule has 0 aromatic heterocycles. The maximum absolute atomic E-state index is 13.3. The number of ether oxygens (including phenoxy) is 3. The van der Waals surface area contributed by atoms with Gasteiger partial charge < -0.3 is 19.5 Å². The Labute approximate surface area is 175 Å². The van der Waals surface area contributed by atoms with Crippen molar-refractivity contribution in [2.45, 2.75) is 25.8 Å². The lowest BCUT2D eigenvalue weighted by molar-refractivity contribution is -0.149. The first-order valence-electron chi connectivity index (χ1n) is 10.3. The van der Waals surface area contributed by atoms with E-state index in [1.807, 2.05) is 37.3 Å². The first kappa shape index (κ1) is 20.2. The van der Waals surface area contributed by atoms with Crippen molar-refractivity contribution < 1.29 is 23.8 Å². The predicted octanol–water partition coefficient (Wildman–Crippen LogP) is 3.37. The van der Waals surface area contributed by atoms with Crippen molar-refractivity contribution in [3.63, 3.8) is 0 Å². The minimum absolute atomic E-state index is 0.102. The van der Waals surface area contributed by atoms with Crippen molar-refractivity contribution >= 4 is 17.6 Å². The van der Waals surface area contributed by atoms with Crippen molar-refractivity contribution in [2.24, 2.45) is 5.92 Å². The van der Waals surface area contributed by atoms with E-state index in [9.17, 15) is 9.59 Å². The fourth-order valence-corrected chi connectivity index (χ4v) is 4.00. The Balaban J connectivity index is 1.49. The first-order chi connectivity index (χ1) is 14.7. The van der Waals surface area contributed by atoms with E-state index < -0.39 is 6.04 Å². The minimum atomic E-state index is -0.445. The van der Waals surface area contributed by atoms with Crippen LogP contribution < -0.4 is 14.8 Å². The van der Waals surface area contributed by atoms with Crippen LogP contribution in [0.3, 0.4) is 0 Å². The topological polar surface area (TPSA) is 77.1 Å². The molecule has 7 nitrogen and oxygen atoms in total. The summed E-state index contributed by atoms with van der Waals surface area (Å²) in [4.78, 5) is 27.5. The summed E-state index contributed by atoms with van der Waals surface area (Å²) in [7, 11) is 0. The van der Waals surface area contributed by atoms with E-state index in [-0.39, 0.29) is 24.6 Å². The third-order valence-corrected chi connectivity index (χ3v) is 5.52. The third kappa shape index (κ3) is 4.41. The van der Waals surface area contributed by atoms with Gasteiger partial charge in [-0.15, -0.1) is 0 Å². The highest BCUT2D eigenvalue weighted by molar-refractivity contribution is 5.96. The summed E-state index contributed by atoms with van der Waals surface area (Å²) in [6.45, 7) is 3.70. The van der Waals surface area contributed by atoms with E-state index >= 15 is 0 Å². The maximum atomic E-state index is 13.3. The second-order valence-electron chi connectivity index (χ2n) is 7.43. The molecule has 0 saturated carbocycles. The zero-order chi connectivity index (χ0) is 20.9. The molecule has 2 aliphatic rings. The summed E-state index contributed by atoms with van der Waals surface area (Å²) in [5.74, 6) is 0.940. The molecule has 0 aliphatic carbocycles. The lowest BCUT2D eigenvalue weighted by Crippen LogP contribution is -2.43. The molecule has 2 aliphatic heterocycles. The fraction of sp³-hybridized carbons (Fsp3) is 0.391. The van der Waals surface area contributed by atoms with E-state index in [1.54, 1.807) is 18.2 Å². The average Bonchev–Trinajstić information content (AvgIpc) is 3.23. The lowest BCUT2D eigenvalue weighted by Gasteiger charge is -2.36. The highest BCUT2D eigenvalue weighted by atomic mass is 16.7. The molecule has 1 atom stereocenters. The molecule has 7 heteroatoms. The van der Waals surface area contributed by atoms with E-state index in [0.717, 1.165) is 5.56 Å². The Morgan fingerprint density at radius 2 is 1.83 bits per heavy atom. The quantitative estimate of drug-likeness (QED) is 0.736. The van der Waals surface area contributed by atoms with Gasteiger partial charge in [0.15, 0.2) is 11.5 Å². The summed E-state index contributed by atoms with van der Waals surface area (Å²) in [5.41, 5.74) is 1.58. The molecule has 4 rings (SSSR count). The molecular formula is C23H26N2O5. The van der Waals surface area contributed by atoms with Crippen LogP contribution in [-0.2, 0) is 14.3 Å². The van der Waals surface area contributed by atoms with Gasteiger partial charge >= 0.3 is 5.97 Å². The maximum Gasteiger partial charge on any atom is 0.309 e. The number of hydrogen-bond acceptors (Lipinski definition) is 6. The number of piperidine rings is 1. The number of likely N-dealkylation sites (tertiary alicyclic amines) is 1. The van der Waals surface area contributed by atoms with Crippen molar-refractivity contribution in [3.8, 4) is 11.5 Å². The van der Waals surface area contributed by atoms with Crippen molar-refractivity contribution in [2.75, 3.05) is 31.8 Å². The summed E-state index contributed by atoms with van der Waals surface area (Å²) in [6.07, 6.45) is 1.36. The predicted molar refractivity (Wildman–Crippen MR) is 111 cm³/mol. The zero-order valence-corrected chi connectivity index (χ0v) is 17.0. The van der Waals surface area contributed by atoms with Gasteiger partial charge in [-0.25, -0.2) is 0 Å². The Bertz CT molecular complexity index is 894. The number of hydrogen-bond donors (Lipinski definition) is 1. The van der Waals surface area contributed by atoms with Crippen LogP contribution in [0, 0.1) is 5.92 Å². The molecule has 1 fully saturated rings. The van der Waals surface area contributed by atoms with Crippen LogP contribution in [0.2, 0.25) is 0 Å². The minimum Gasteiger partial charge on any atom is -0.466 e. The van der Waals surface area contributed by atoms with Gasteiger partial charge in [0.05, 0.1) is 12.5 Å². The molecule has 30 heavy (non-hydrogen) atoms. The number of amides is 1. The Kier molecular flexibility index (Phi) is 6.18. The van der Waals surface area contributed by atoms with Gasteiger partial charge in [-0.2, -0.15) is 0 Å². The van der Waals surface area contributed by atoms with E-state index in [2.05, 4.69) is 10.2 Å². The highest BCUT2D eigenvalue weighted by Gasteiger charge is 2.33. The van der Waals surface area contributed by atoms with Crippen LogP contribution in [-0.4, -0.2) is 43.3 Å². The zero-order valence-electron chi connectivity index (χ0n) is 17.0. The Morgan fingerprint density at radius 3 is 2.57 bits per heavy atom. The van der Waals surface area contributed by atoms with Gasteiger partial charge in [-0.1, -0.05) is 30.3 Å². The largest absolute Gasteiger partial charge is 0.466 e.